The molecule has 1 heterocycles. The van der Waals surface area contributed by atoms with E-state index < -0.39 is 21.1 Å². The molecule has 0 aromatic heterocycles. The normalized spacial score (nSPS) is 19.6. The lowest BCUT2D eigenvalue weighted by Crippen LogP contribution is -2.27. The zero-order chi connectivity index (χ0) is 13.2. The third-order valence-electron chi connectivity index (χ3n) is 2.80. The molecule has 1 saturated heterocycles. The summed E-state index contributed by atoms with van der Waals surface area (Å²) in [5.41, 5.74) is 1.04. The molecule has 0 radical (unpaired) electrons. The molecule has 1 aromatic rings. The Balaban J connectivity index is 2.16. The minimum absolute atomic E-state index is 0.160. The Morgan fingerprint density at radius 1 is 1.28 bits per heavy atom. The molecule has 1 atom stereocenters. The first-order valence-electron chi connectivity index (χ1n) is 5.45. The van der Waals surface area contributed by atoms with E-state index in [0.29, 0.717) is 17.4 Å². The number of aldehydes is 1. The van der Waals surface area contributed by atoms with Gasteiger partial charge in [0.25, 0.3) is 0 Å². The summed E-state index contributed by atoms with van der Waals surface area (Å²) in [7, 11) is -3.54. The van der Waals surface area contributed by atoms with Gasteiger partial charge in [-0.3, -0.25) is 9.59 Å². The van der Waals surface area contributed by atoms with Crippen molar-refractivity contribution in [3.05, 3.63) is 35.4 Å². The minimum Gasteiger partial charge on any atom is -0.465 e. The van der Waals surface area contributed by atoms with E-state index in [1.807, 2.05) is 0 Å². The Labute approximate surface area is 105 Å². The van der Waals surface area contributed by atoms with Gasteiger partial charge < -0.3 is 4.74 Å². The molecule has 1 aromatic carbocycles. The van der Waals surface area contributed by atoms with Gasteiger partial charge >= 0.3 is 5.97 Å². The summed E-state index contributed by atoms with van der Waals surface area (Å²) >= 11 is 0. The molecule has 1 aliphatic heterocycles. The quantitative estimate of drug-likeness (QED) is 0.594. The number of carbonyl (C=O) groups is 2. The predicted molar refractivity (Wildman–Crippen MR) is 63.8 cm³/mol. The summed E-state index contributed by atoms with van der Waals surface area (Å²) in [6.45, 7) is 0.160. The van der Waals surface area contributed by atoms with Gasteiger partial charge in [-0.05, 0) is 5.56 Å². The van der Waals surface area contributed by atoms with Gasteiger partial charge in [0.15, 0.2) is 15.1 Å². The van der Waals surface area contributed by atoms with Crippen LogP contribution in [-0.2, 0) is 25.1 Å². The van der Waals surface area contributed by atoms with Crippen LogP contribution in [0.4, 0.5) is 0 Å². The van der Waals surface area contributed by atoms with Crippen molar-refractivity contribution in [2.24, 2.45) is 0 Å². The maximum absolute atomic E-state index is 12.0. The third-order valence-corrected chi connectivity index (χ3v) is 4.84. The van der Waals surface area contributed by atoms with Crippen LogP contribution >= 0.6 is 0 Å². The topological polar surface area (TPSA) is 77.5 Å². The number of esters is 1. The Morgan fingerprint density at radius 3 is 2.44 bits per heavy atom. The monoisotopic (exact) mass is 268 g/mol. The average Bonchev–Trinajstić information content (AvgIpc) is 2.77. The molecule has 0 spiro atoms. The second-order valence-corrected chi connectivity index (χ2v) is 6.29. The number of hydrogen-bond acceptors (Lipinski definition) is 5. The number of hydrogen-bond donors (Lipinski definition) is 0. The summed E-state index contributed by atoms with van der Waals surface area (Å²) < 4.78 is 28.7. The molecule has 6 heteroatoms. The zero-order valence-electron chi connectivity index (χ0n) is 9.53. The average molecular weight is 268 g/mol. The molecule has 96 valence electrons. The molecule has 0 aliphatic carbocycles. The van der Waals surface area contributed by atoms with Gasteiger partial charge in [0.2, 0.25) is 0 Å². The van der Waals surface area contributed by atoms with Crippen molar-refractivity contribution in [1.82, 2.24) is 0 Å². The summed E-state index contributed by atoms with van der Waals surface area (Å²) in [6.07, 6.45) is 0.903. The van der Waals surface area contributed by atoms with Gasteiger partial charge in [-0.15, -0.1) is 0 Å². The molecule has 5 nitrogen and oxygen atoms in total. The maximum Gasteiger partial charge on any atom is 0.324 e. The van der Waals surface area contributed by atoms with Gasteiger partial charge in [0.1, 0.15) is 6.29 Å². The van der Waals surface area contributed by atoms with Crippen LogP contribution in [0.5, 0.6) is 0 Å². The highest BCUT2D eigenvalue weighted by molar-refractivity contribution is 7.92. The van der Waals surface area contributed by atoms with Gasteiger partial charge in [-0.25, -0.2) is 8.42 Å². The highest BCUT2D eigenvalue weighted by Crippen LogP contribution is 2.20. The predicted octanol–water partition coefficient (Wildman–Crippen LogP) is 0.729. The lowest BCUT2D eigenvalue weighted by Gasteiger charge is -2.08. The number of sulfone groups is 1. The molecular formula is C12H12O5S. The lowest BCUT2D eigenvalue weighted by atomic mass is 10.2. The summed E-state index contributed by atoms with van der Waals surface area (Å²) in [5, 5.41) is -1.05. The number of rotatable bonds is 4. The van der Waals surface area contributed by atoms with E-state index in [1.165, 1.54) is 0 Å². The van der Waals surface area contributed by atoms with E-state index in [-0.39, 0.29) is 18.8 Å². The molecule has 1 aliphatic rings. The van der Waals surface area contributed by atoms with Crippen molar-refractivity contribution in [3.8, 4) is 0 Å². The second-order valence-electron chi connectivity index (χ2n) is 4.11. The van der Waals surface area contributed by atoms with Crippen LogP contribution < -0.4 is 0 Å². The van der Waals surface area contributed by atoms with E-state index in [0.717, 1.165) is 0 Å². The van der Waals surface area contributed by atoms with Gasteiger partial charge in [-0.2, -0.15) is 0 Å². The van der Waals surface area contributed by atoms with Crippen molar-refractivity contribution in [2.75, 3.05) is 6.61 Å². The van der Waals surface area contributed by atoms with Crippen LogP contribution in [0, 0.1) is 0 Å². The first-order chi connectivity index (χ1) is 8.53. The second kappa shape index (κ2) is 4.89. The van der Waals surface area contributed by atoms with E-state index in [9.17, 15) is 18.0 Å². The maximum atomic E-state index is 12.0. The van der Waals surface area contributed by atoms with Crippen LogP contribution in [0.2, 0.25) is 0 Å². The van der Waals surface area contributed by atoms with Crippen molar-refractivity contribution in [2.45, 2.75) is 17.4 Å². The number of cyclic esters (lactones) is 1. The van der Waals surface area contributed by atoms with E-state index in [1.54, 1.807) is 24.3 Å². The van der Waals surface area contributed by atoms with Gasteiger partial charge in [0, 0.05) is 12.0 Å². The summed E-state index contributed by atoms with van der Waals surface area (Å²) in [5.74, 6) is -0.883. The molecule has 2 rings (SSSR count). The molecule has 0 bridgehead atoms. The fourth-order valence-electron chi connectivity index (χ4n) is 1.83. The van der Waals surface area contributed by atoms with E-state index >= 15 is 0 Å². The summed E-state index contributed by atoms with van der Waals surface area (Å²) in [6, 6.07) is 6.23. The van der Waals surface area contributed by atoms with E-state index in [2.05, 4.69) is 4.74 Å². The van der Waals surface area contributed by atoms with Crippen LogP contribution in [0.25, 0.3) is 0 Å². The molecule has 0 N–H and O–H groups in total. The molecule has 0 amide bonds. The SMILES string of the molecule is O=Cc1ccc(CS(=O)(=O)C2CCOC2=O)cc1. The van der Waals surface area contributed by atoms with Crippen molar-refractivity contribution >= 4 is 22.1 Å². The van der Waals surface area contributed by atoms with Crippen molar-refractivity contribution < 1.29 is 22.7 Å². The Bertz CT molecular complexity index is 559. The molecule has 18 heavy (non-hydrogen) atoms. The smallest absolute Gasteiger partial charge is 0.324 e. The van der Waals surface area contributed by atoms with Crippen molar-refractivity contribution in [3.63, 3.8) is 0 Å². The highest BCUT2D eigenvalue weighted by Gasteiger charge is 2.38. The van der Waals surface area contributed by atoms with E-state index in [4.69, 9.17) is 0 Å². The number of ether oxygens (including phenoxy) is 1. The molecule has 1 unspecified atom stereocenters. The number of carbonyl (C=O) groups excluding carboxylic acids is 2. The van der Waals surface area contributed by atoms with Crippen molar-refractivity contribution in [1.29, 1.82) is 0 Å². The Hall–Kier alpha value is -1.69. The molecular weight excluding hydrogens is 256 g/mol. The van der Waals surface area contributed by atoms with Crippen LogP contribution in [0.1, 0.15) is 22.3 Å². The fraction of sp³-hybridized carbons (Fsp3) is 0.333. The highest BCUT2D eigenvalue weighted by atomic mass is 32.2. The largest absolute Gasteiger partial charge is 0.465 e. The zero-order valence-corrected chi connectivity index (χ0v) is 10.4. The Morgan fingerprint density at radius 2 is 1.94 bits per heavy atom. The number of benzene rings is 1. The third kappa shape index (κ3) is 2.59. The lowest BCUT2D eigenvalue weighted by molar-refractivity contribution is -0.137. The van der Waals surface area contributed by atoms with Crippen LogP contribution in [-0.4, -0.2) is 32.5 Å². The fourth-order valence-corrected chi connectivity index (χ4v) is 3.50. The first kappa shape index (κ1) is 12.8. The van der Waals surface area contributed by atoms with Crippen LogP contribution in [0.3, 0.4) is 0 Å². The molecule has 0 saturated carbocycles. The van der Waals surface area contributed by atoms with Gasteiger partial charge in [-0.1, -0.05) is 24.3 Å². The summed E-state index contributed by atoms with van der Waals surface area (Å²) in [4.78, 5) is 21.7. The van der Waals surface area contributed by atoms with Crippen LogP contribution in [0.15, 0.2) is 24.3 Å². The van der Waals surface area contributed by atoms with Gasteiger partial charge in [0.05, 0.1) is 12.4 Å². The standard InChI is InChI=1S/C12H12O5S/c13-7-9-1-3-10(4-2-9)8-18(15,16)11-5-6-17-12(11)14/h1-4,7,11H,5-6,8H2. The minimum atomic E-state index is -3.54. The molecule has 1 fully saturated rings. The first-order valence-corrected chi connectivity index (χ1v) is 7.17. The Kier molecular flexibility index (Phi) is 3.47.